The molecule has 0 radical (unpaired) electrons. The average Bonchev–Trinajstić information content (AvgIpc) is 2.77. The summed E-state index contributed by atoms with van der Waals surface area (Å²) in [4.78, 5) is 13.0. The van der Waals surface area contributed by atoms with Crippen LogP contribution in [0.2, 0.25) is 0 Å². The monoisotopic (exact) mass is 235 g/mol. The van der Waals surface area contributed by atoms with Gasteiger partial charge in [0.1, 0.15) is 5.50 Å². The van der Waals surface area contributed by atoms with E-state index in [9.17, 15) is 0 Å². The fourth-order valence-electron chi connectivity index (χ4n) is 2.20. The summed E-state index contributed by atoms with van der Waals surface area (Å²) in [6, 6.07) is 0. The van der Waals surface area contributed by atoms with Crippen LogP contribution in [-0.2, 0) is 0 Å². The normalized spacial score (nSPS) is 33.3. The largest absolute Gasteiger partial charge is 0.311 e. The van der Waals surface area contributed by atoms with Crippen molar-refractivity contribution in [3.05, 3.63) is 24.3 Å². The molecule has 6 heteroatoms. The molecule has 2 aliphatic rings. The first kappa shape index (κ1) is 10.2. The van der Waals surface area contributed by atoms with Crippen molar-refractivity contribution in [3.8, 4) is 0 Å². The molecule has 3 N–H and O–H groups in total. The highest BCUT2D eigenvalue weighted by molar-refractivity contribution is 8.00. The van der Waals surface area contributed by atoms with E-state index in [1.54, 1.807) is 24.2 Å². The zero-order chi connectivity index (χ0) is 11.0. The zero-order valence-corrected chi connectivity index (χ0v) is 9.52. The van der Waals surface area contributed by atoms with Crippen LogP contribution in [0.1, 0.15) is 10.9 Å². The maximum absolute atomic E-state index is 5.92. The molecule has 3 rings (SSSR count). The molecule has 3 heterocycles. The summed E-state index contributed by atoms with van der Waals surface area (Å²) in [5.41, 5.74) is 7.94. The molecule has 0 saturated carbocycles. The molecular weight excluding hydrogens is 222 g/mol. The van der Waals surface area contributed by atoms with Gasteiger partial charge in [0.15, 0.2) is 0 Å². The molecule has 0 aliphatic carbocycles. The van der Waals surface area contributed by atoms with Crippen LogP contribution in [-0.4, -0.2) is 34.3 Å². The second-order valence-corrected chi connectivity index (χ2v) is 5.20. The van der Waals surface area contributed by atoms with Crippen molar-refractivity contribution in [2.24, 2.45) is 16.6 Å². The number of aromatic nitrogens is 2. The number of hydrogen-bond donors (Lipinski definition) is 2. The Balaban J connectivity index is 1.94. The van der Waals surface area contributed by atoms with Crippen LogP contribution >= 0.6 is 11.8 Å². The predicted octanol–water partition coefficient (Wildman–Crippen LogP) is 0.167. The van der Waals surface area contributed by atoms with Crippen molar-refractivity contribution in [3.63, 3.8) is 0 Å². The molecule has 1 fully saturated rings. The standard InChI is InChI=1S/C10H13N5S/c11-10-15-7-4-13-3-6(7)9(16-10)8-5-12-1-2-14-8/h1-2,5-6,9-10,13H,3-4,11H2. The van der Waals surface area contributed by atoms with E-state index in [0.29, 0.717) is 5.92 Å². The van der Waals surface area contributed by atoms with Gasteiger partial charge in [0.2, 0.25) is 0 Å². The minimum atomic E-state index is -0.168. The van der Waals surface area contributed by atoms with Crippen LogP contribution < -0.4 is 11.1 Å². The van der Waals surface area contributed by atoms with Crippen molar-refractivity contribution in [1.82, 2.24) is 15.3 Å². The second kappa shape index (κ2) is 4.12. The van der Waals surface area contributed by atoms with E-state index in [1.807, 2.05) is 6.20 Å². The van der Waals surface area contributed by atoms with Crippen molar-refractivity contribution >= 4 is 17.5 Å². The summed E-state index contributed by atoms with van der Waals surface area (Å²) in [7, 11) is 0. The molecule has 0 amide bonds. The summed E-state index contributed by atoms with van der Waals surface area (Å²) >= 11 is 1.66. The summed E-state index contributed by atoms with van der Waals surface area (Å²) in [5.74, 6) is 0.418. The van der Waals surface area contributed by atoms with E-state index in [4.69, 9.17) is 5.73 Å². The number of nitrogens with two attached hydrogens (primary N) is 1. The highest BCUT2D eigenvalue weighted by Crippen LogP contribution is 2.41. The lowest BCUT2D eigenvalue weighted by Crippen LogP contribution is -2.31. The molecule has 1 aromatic heterocycles. The molecule has 5 nitrogen and oxygen atoms in total. The zero-order valence-electron chi connectivity index (χ0n) is 8.71. The quantitative estimate of drug-likeness (QED) is 0.725. The van der Waals surface area contributed by atoms with Crippen molar-refractivity contribution in [2.45, 2.75) is 10.7 Å². The number of hydrogen-bond acceptors (Lipinski definition) is 6. The minimum Gasteiger partial charge on any atom is -0.311 e. The molecule has 1 aromatic rings. The average molecular weight is 235 g/mol. The number of thioether (sulfide) groups is 1. The SMILES string of the molecule is NC1N=C2CNCC2C(c2cnccn2)S1. The number of nitrogens with one attached hydrogen (secondary N) is 1. The van der Waals surface area contributed by atoms with E-state index in [-0.39, 0.29) is 10.7 Å². The number of aliphatic imine (C=N–C) groups is 1. The Labute approximate surface area is 98.0 Å². The van der Waals surface area contributed by atoms with Crippen molar-refractivity contribution in [1.29, 1.82) is 0 Å². The third-order valence-corrected chi connectivity index (χ3v) is 4.17. The van der Waals surface area contributed by atoms with Crippen LogP contribution in [0.3, 0.4) is 0 Å². The molecule has 0 spiro atoms. The molecule has 84 valence electrons. The molecule has 1 saturated heterocycles. The van der Waals surface area contributed by atoms with Gasteiger partial charge in [-0.1, -0.05) is 0 Å². The molecular formula is C10H13N5S. The molecule has 16 heavy (non-hydrogen) atoms. The number of nitrogens with zero attached hydrogens (tertiary/aromatic N) is 3. The third-order valence-electron chi connectivity index (χ3n) is 2.92. The lowest BCUT2D eigenvalue weighted by Gasteiger charge is -2.28. The number of rotatable bonds is 1. The van der Waals surface area contributed by atoms with Crippen molar-refractivity contribution in [2.75, 3.05) is 13.1 Å². The van der Waals surface area contributed by atoms with Crippen LogP contribution in [0, 0.1) is 5.92 Å². The molecule has 3 atom stereocenters. The smallest absolute Gasteiger partial charge is 0.145 e. The van der Waals surface area contributed by atoms with Gasteiger partial charge in [-0.15, -0.1) is 11.8 Å². The van der Waals surface area contributed by atoms with Gasteiger partial charge in [-0.3, -0.25) is 15.0 Å². The summed E-state index contributed by atoms with van der Waals surface area (Å²) < 4.78 is 0. The van der Waals surface area contributed by atoms with Crippen LogP contribution in [0.4, 0.5) is 0 Å². The fourth-order valence-corrected chi connectivity index (χ4v) is 3.40. The number of fused-ring (bicyclic) bond motifs is 1. The predicted molar refractivity (Wildman–Crippen MR) is 64.1 cm³/mol. The summed E-state index contributed by atoms with van der Waals surface area (Å²) in [6.45, 7) is 1.81. The third kappa shape index (κ3) is 1.73. The topological polar surface area (TPSA) is 76.2 Å². The maximum Gasteiger partial charge on any atom is 0.145 e. The second-order valence-electron chi connectivity index (χ2n) is 3.94. The van der Waals surface area contributed by atoms with E-state index in [2.05, 4.69) is 20.3 Å². The van der Waals surface area contributed by atoms with Gasteiger partial charge in [-0.25, -0.2) is 0 Å². The summed E-state index contributed by atoms with van der Waals surface area (Å²) in [5, 5.41) is 3.62. The Hall–Kier alpha value is -0.980. The van der Waals surface area contributed by atoms with Gasteiger partial charge in [0.05, 0.1) is 10.9 Å². The van der Waals surface area contributed by atoms with Crippen molar-refractivity contribution < 1.29 is 0 Å². The lowest BCUT2D eigenvalue weighted by atomic mass is 10.00. The van der Waals surface area contributed by atoms with Gasteiger partial charge in [0, 0.05) is 43.3 Å². The molecule has 2 aliphatic heterocycles. The molecule has 3 unspecified atom stereocenters. The first-order chi connectivity index (χ1) is 7.84. The highest BCUT2D eigenvalue weighted by Gasteiger charge is 2.37. The van der Waals surface area contributed by atoms with E-state index < -0.39 is 0 Å². The fraction of sp³-hybridized carbons (Fsp3) is 0.500. The van der Waals surface area contributed by atoms with Gasteiger partial charge >= 0.3 is 0 Å². The Morgan fingerprint density at radius 1 is 1.44 bits per heavy atom. The lowest BCUT2D eigenvalue weighted by molar-refractivity contribution is 0.642. The van der Waals surface area contributed by atoms with E-state index in [1.165, 1.54) is 5.71 Å². The van der Waals surface area contributed by atoms with Gasteiger partial charge in [-0.2, -0.15) is 0 Å². The molecule has 0 bridgehead atoms. The highest BCUT2D eigenvalue weighted by atomic mass is 32.2. The molecule has 0 aromatic carbocycles. The van der Waals surface area contributed by atoms with Gasteiger partial charge in [0.25, 0.3) is 0 Å². The Morgan fingerprint density at radius 3 is 3.19 bits per heavy atom. The van der Waals surface area contributed by atoms with Crippen LogP contribution in [0.15, 0.2) is 23.6 Å². The van der Waals surface area contributed by atoms with Gasteiger partial charge in [-0.05, 0) is 0 Å². The first-order valence-corrected chi connectivity index (χ1v) is 6.23. The maximum atomic E-state index is 5.92. The first-order valence-electron chi connectivity index (χ1n) is 5.29. The van der Waals surface area contributed by atoms with Crippen LogP contribution in [0.25, 0.3) is 0 Å². The van der Waals surface area contributed by atoms with E-state index >= 15 is 0 Å². The minimum absolute atomic E-state index is 0.168. The Morgan fingerprint density at radius 2 is 2.38 bits per heavy atom. The Kier molecular flexibility index (Phi) is 2.62. The summed E-state index contributed by atoms with van der Waals surface area (Å²) in [6.07, 6.45) is 5.25. The Bertz CT molecular complexity index is 407. The van der Waals surface area contributed by atoms with E-state index in [0.717, 1.165) is 18.8 Å². The van der Waals surface area contributed by atoms with Crippen LogP contribution in [0.5, 0.6) is 0 Å². The van der Waals surface area contributed by atoms with Gasteiger partial charge < -0.3 is 11.1 Å².